The summed E-state index contributed by atoms with van der Waals surface area (Å²) in [4.78, 5) is 0. The van der Waals surface area contributed by atoms with Gasteiger partial charge >= 0.3 is 0 Å². The molecule has 0 aliphatic carbocycles. The lowest BCUT2D eigenvalue weighted by molar-refractivity contribution is 0.598. The molecule has 0 aromatic rings. The summed E-state index contributed by atoms with van der Waals surface area (Å²) in [5.74, 6) is 7.41. The monoisotopic (exact) mass is 357 g/mol. The van der Waals surface area contributed by atoms with Crippen molar-refractivity contribution >= 4 is 0 Å². The maximum Gasteiger partial charge on any atom is 0.0621 e. The minimum Gasteiger partial charge on any atom is -0.198 e. The maximum atomic E-state index is 8.46. The fraction of sp³-hybridized carbons (Fsp3) is 0.800. The second kappa shape index (κ2) is 21.8. The van der Waals surface area contributed by atoms with E-state index < -0.39 is 0 Å². The van der Waals surface area contributed by atoms with Gasteiger partial charge in [0.05, 0.1) is 6.07 Å². The average molecular weight is 358 g/mol. The quantitative estimate of drug-likeness (QED) is 0.146. The van der Waals surface area contributed by atoms with Crippen molar-refractivity contribution in [2.24, 2.45) is 5.92 Å². The van der Waals surface area contributed by atoms with E-state index in [1.54, 1.807) is 0 Å². The van der Waals surface area contributed by atoms with Gasteiger partial charge in [-0.2, -0.15) is 5.26 Å². The Morgan fingerprint density at radius 3 is 1.77 bits per heavy atom. The molecule has 0 saturated carbocycles. The van der Waals surface area contributed by atoms with Gasteiger partial charge in [-0.25, -0.2) is 0 Å². The van der Waals surface area contributed by atoms with Crippen molar-refractivity contribution in [2.45, 2.75) is 123 Å². The van der Waals surface area contributed by atoms with E-state index in [0.717, 1.165) is 31.6 Å². The summed E-state index contributed by atoms with van der Waals surface area (Å²) < 4.78 is 0. The molecular weight excluding hydrogens is 314 g/mol. The molecule has 0 aromatic heterocycles. The number of allylic oxidation sites excluding steroid dienone is 2. The Hall–Kier alpha value is -1.21. The van der Waals surface area contributed by atoms with Gasteiger partial charge in [-0.3, -0.25) is 0 Å². The molecule has 0 aliphatic rings. The van der Waals surface area contributed by atoms with Gasteiger partial charge in [-0.15, -0.1) is 11.8 Å². The zero-order chi connectivity index (χ0) is 19.1. The molecule has 0 amide bonds. The van der Waals surface area contributed by atoms with E-state index in [2.05, 4.69) is 43.9 Å². The second-order valence-corrected chi connectivity index (χ2v) is 7.63. The standard InChI is InChI=1S/C25H43N/c1-3-22-25(2)23-20-18-16-14-12-10-8-6-4-5-7-9-11-13-15-17-19-21-24-26/h20,23,25H,3-4,6,8-19,21-22H2,1-2H3. The molecule has 1 heteroatoms. The summed E-state index contributed by atoms with van der Waals surface area (Å²) in [6.07, 6.45) is 25.7. The highest BCUT2D eigenvalue weighted by molar-refractivity contribution is 4.98. The highest BCUT2D eigenvalue weighted by atomic mass is 14.2. The van der Waals surface area contributed by atoms with Crippen LogP contribution in [0.25, 0.3) is 0 Å². The Kier molecular flexibility index (Phi) is 20.8. The predicted molar refractivity (Wildman–Crippen MR) is 116 cm³/mol. The Morgan fingerprint density at radius 1 is 0.731 bits per heavy atom. The Labute approximate surface area is 164 Å². The zero-order valence-electron chi connectivity index (χ0n) is 17.7. The van der Waals surface area contributed by atoms with Gasteiger partial charge in [-0.05, 0) is 44.4 Å². The molecule has 0 N–H and O–H groups in total. The van der Waals surface area contributed by atoms with Crippen LogP contribution in [-0.4, -0.2) is 0 Å². The van der Waals surface area contributed by atoms with E-state index in [1.165, 1.54) is 83.5 Å². The van der Waals surface area contributed by atoms with Crippen molar-refractivity contribution in [3.05, 3.63) is 12.2 Å². The average Bonchev–Trinajstić information content (AvgIpc) is 2.64. The number of rotatable bonds is 17. The van der Waals surface area contributed by atoms with Crippen LogP contribution in [0.3, 0.4) is 0 Å². The van der Waals surface area contributed by atoms with E-state index in [-0.39, 0.29) is 0 Å². The fourth-order valence-corrected chi connectivity index (χ4v) is 3.19. The molecule has 0 radical (unpaired) electrons. The van der Waals surface area contributed by atoms with Crippen molar-refractivity contribution in [3.63, 3.8) is 0 Å². The molecule has 0 aromatic carbocycles. The highest BCUT2D eigenvalue weighted by Crippen LogP contribution is 2.11. The van der Waals surface area contributed by atoms with Crippen LogP contribution in [0.1, 0.15) is 123 Å². The Balaban J connectivity index is 3.21. The molecule has 0 heterocycles. The van der Waals surface area contributed by atoms with Crippen LogP contribution in [0.4, 0.5) is 0 Å². The van der Waals surface area contributed by atoms with Crippen LogP contribution < -0.4 is 0 Å². The minimum atomic E-state index is 0.717. The van der Waals surface area contributed by atoms with Crippen LogP contribution in [0.5, 0.6) is 0 Å². The van der Waals surface area contributed by atoms with Crippen LogP contribution in [0, 0.1) is 29.1 Å². The minimum absolute atomic E-state index is 0.717. The van der Waals surface area contributed by atoms with Crippen molar-refractivity contribution in [3.8, 4) is 17.9 Å². The summed E-state index contributed by atoms with van der Waals surface area (Å²) in [6, 6.07) is 2.20. The second-order valence-electron chi connectivity index (χ2n) is 7.63. The first-order chi connectivity index (χ1) is 12.8. The Bertz CT molecular complexity index is 404. The molecule has 1 atom stereocenters. The van der Waals surface area contributed by atoms with E-state index in [4.69, 9.17) is 5.26 Å². The third-order valence-corrected chi connectivity index (χ3v) is 4.85. The maximum absolute atomic E-state index is 8.46. The SMILES string of the molecule is CCCC(C)C=CCCCCCCCCC#CCCCCCCCC#N. The lowest BCUT2D eigenvalue weighted by Crippen LogP contribution is -1.87. The van der Waals surface area contributed by atoms with E-state index in [9.17, 15) is 0 Å². The van der Waals surface area contributed by atoms with Crippen molar-refractivity contribution in [2.75, 3.05) is 0 Å². The normalized spacial score (nSPS) is 11.9. The molecule has 0 bridgehead atoms. The van der Waals surface area contributed by atoms with Gasteiger partial charge < -0.3 is 0 Å². The lowest BCUT2D eigenvalue weighted by Gasteiger charge is -2.02. The van der Waals surface area contributed by atoms with Gasteiger partial charge in [0.1, 0.15) is 0 Å². The van der Waals surface area contributed by atoms with E-state index >= 15 is 0 Å². The van der Waals surface area contributed by atoms with Gasteiger partial charge in [0.25, 0.3) is 0 Å². The molecule has 148 valence electrons. The lowest BCUT2D eigenvalue weighted by atomic mass is 10.0. The molecule has 0 rings (SSSR count). The topological polar surface area (TPSA) is 23.8 Å². The van der Waals surface area contributed by atoms with Crippen LogP contribution in [-0.2, 0) is 0 Å². The molecular formula is C25H43N. The summed E-state index contributed by atoms with van der Waals surface area (Å²) in [5.41, 5.74) is 0. The number of hydrogen-bond donors (Lipinski definition) is 0. The zero-order valence-corrected chi connectivity index (χ0v) is 17.7. The molecule has 1 nitrogen and oxygen atoms in total. The van der Waals surface area contributed by atoms with Gasteiger partial charge in [0.15, 0.2) is 0 Å². The summed E-state index contributed by atoms with van der Waals surface area (Å²) in [6.45, 7) is 4.58. The summed E-state index contributed by atoms with van der Waals surface area (Å²) in [5, 5.41) is 8.46. The summed E-state index contributed by atoms with van der Waals surface area (Å²) in [7, 11) is 0. The number of unbranched alkanes of at least 4 members (excludes halogenated alkanes) is 13. The van der Waals surface area contributed by atoms with Crippen LogP contribution in [0.15, 0.2) is 12.2 Å². The van der Waals surface area contributed by atoms with Crippen LogP contribution in [0.2, 0.25) is 0 Å². The number of hydrogen-bond acceptors (Lipinski definition) is 1. The molecule has 26 heavy (non-hydrogen) atoms. The van der Waals surface area contributed by atoms with Gasteiger partial charge in [-0.1, -0.05) is 77.4 Å². The molecule has 0 saturated heterocycles. The fourth-order valence-electron chi connectivity index (χ4n) is 3.19. The molecule has 0 fully saturated rings. The van der Waals surface area contributed by atoms with Crippen molar-refractivity contribution < 1.29 is 0 Å². The van der Waals surface area contributed by atoms with Gasteiger partial charge in [0, 0.05) is 19.3 Å². The van der Waals surface area contributed by atoms with E-state index in [0.29, 0.717) is 0 Å². The molecule has 1 unspecified atom stereocenters. The summed E-state index contributed by atoms with van der Waals surface area (Å²) >= 11 is 0. The first-order valence-electron chi connectivity index (χ1n) is 11.3. The smallest absolute Gasteiger partial charge is 0.0621 e. The van der Waals surface area contributed by atoms with E-state index in [1.807, 2.05) is 0 Å². The highest BCUT2D eigenvalue weighted by Gasteiger charge is 1.94. The Morgan fingerprint density at radius 2 is 1.23 bits per heavy atom. The van der Waals surface area contributed by atoms with Crippen molar-refractivity contribution in [1.82, 2.24) is 0 Å². The first-order valence-corrected chi connectivity index (χ1v) is 11.3. The largest absolute Gasteiger partial charge is 0.198 e. The van der Waals surface area contributed by atoms with Gasteiger partial charge in [0.2, 0.25) is 0 Å². The third-order valence-electron chi connectivity index (χ3n) is 4.85. The molecule has 0 aliphatic heterocycles. The van der Waals surface area contributed by atoms with Crippen LogP contribution >= 0.6 is 0 Å². The van der Waals surface area contributed by atoms with Crippen molar-refractivity contribution in [1.29, 1.82) is 5.26 Å². The molecule has 0 spiro atoms. The predicted octanol–water partition coefficient (Wildman–Crippen LogP) is 8.36. The first kappa shape index (κ1) is 24.8. The third kappa shape index (κ3) is 20.8. The number of nitriles is 1. The number of nitrogens with zero attached hydrogens (tertiary/aromatic N) is 1.